The summed E-state index contributed by atoms with van der Waals surface area (Å²) in [6.45, 7) is 4.54. The maximum Gasteiger partial charge on any atom is 0.263 e. The van der Waals surface area contributed by atoms with Crippen molar-refractivity contribution in [1.29, 1.82) is 0 Å². The largest absolute Gasteiger partial charge is 0.481 e. The summed E-state index contributed by atoms with van der Waals surface area (Å²) in [6, 6.07) is 11.8. The topological polar surface area (TPSA) is 66.9 Å². The first-order valence-electron chi connectivity index (χ1n) is 9.16. The van der Waals surface area contributed by atoms with Gasteiger partial charge in [0.05, 0.1) is 5.02 Å². The highest BCUT2D eigenvalue weighted by Crippen LogP contribution is 2.28. The predicted octanol–water partition coefficient (Wildman–Crippen LogP) is 3.60. The molecule has 1 saturated heterocycles. The fraction of sp³-hybridized carbons (Fsp3) is 0.350. The van der Waals surface area contributed by atoms with E-state index in [4.69, 9.17) is 27.9 Å². The van der Waals surface area contributed by atoms with Crippen molar-refractivity contribution in [3.63, 3.8) is 0 Å². The van der Waals surface area contributed by atoms with E-state index < -0.39 is 16.1 Å². The lowest BCUT2D eigenvalue weighted by molar-refractivity contribution is -0.139. The highest BCUT2D eigenvalue weighted by Gasteiger charge is 2.33. The molecule has 1 heterocycles. The van der Waals surface area contributed by atoms with Crippen molar-refractivity contribution in [2.45, 2.75) is 24.8 Å². The van der Waals surface area contributed by atoms with Crippen LogP contribution in [0.15, 0.2) is 47.4 Å². The fourth-order valence-electron chi connectivity index (χ4n) is 3.16. The average molecular weight is 457 g/mol. The molecule has 0 saturated carbocycles. The number of carbonyl (C=O) groups is 1. The Hall–Kier alpha value is -1.80. The molecule has 0 spiro atoms. The van der Waals surface area contributed by atoms with Crippen molar-refractivity contribution in [2.24, 2.45) is 0 Å². The molecule has 1 aliphatic heterocycles. The van der Waals surface area contributed by atoms with Crippen LogP contribution in [0.1, 0.15) is 12.5 Å². The summed E-state index contributed by atoms with van der Waals surface area (Å²) >= 11 is 12.0. The van der Waals surface area contributed by atoms with E-state index >= 15 is 0 Å². The van der Waals surface area contributed by atoms with Crippen molar-refractivity contribution in [3.8, 4) is 5.75 Å². The number of aryl methyl sites for hydroxylation is 1. The number of sulfonamides is 1. The number of hydrogen-bond acceptors (Lipinski definition) is 4. The van der Waals surface area contributed by atoms with Gasteiger partial charge >= 0.3 is 0 Å². The molecule has 0 radical (unpaired) electrons. The van der Waals surface area contributed by atoms with Gasteiger partial charge < -0.3 is 9.64 Å². The van der Waals surface area contributed by atoms with Crippen LogP contribution >= 0.6 is 23.2 Å². The van der Waals surface area contributed by atoms with Gasteiger partial charge in [0.2, 0.25) is 10.0 Å². The number of hydrogen-bond donors (Lipinski definition) is 0. The molecule has 0 aromatic heterocycles. The Bertz CT molecular complexity index is 1010. The summed E-state index contributed by atoms with van der Waals surface area (Å²) in [6.07, 6.45) is -0.665. The van der Waals surface area contributed by atoms with Crippen LogP contribution in [-0.4, -0.2) is 55.8 Å². The van der Waals surface area contributed by atoms with Crippen LogP contribution in [0.5, 0.6) is 5.75 Å². The van der Waals surface area contributed by atoms with Gasteiger partial charge in [-0.3, -0.25) is 4.79 Å². The van der Waals surface area contributed by atoms with E-state index in [9.17, 15) is 13.2 Å². The first-order valence-corrected chi connectivity index (χ1v) is 11.4. The van der Waals surface area contributed by atoms with Crippen LogP contribution in [0.3, 0.4) is 0 Å². The standard InChI is InChI=1S/C20H22Cl2N2O4S/c1-14-4-3-5-17(12-14)28-15(2)20(25)23-8-10-24(11-9-23)29(26,27)19-13-16(21)6-7-18(19)22/h3-7,12-13,15H,8-11H2,1-2H3. The molecular formula is C20H22Cl2N2O4S. The average Bonchev–Trinajstić information content (AvgIpc) is 2.69. The second-order valence-electron chi connectivity index (χ2n) is 6.88. The highest BCUT2D eigenvalue weighted by molar-refractivity contribution is 7.89. The molecule has 0 bridgehead atoms. The van der Waals surface area contributed by atoms with Crippen molar-refractivity contribution >= 4 is 39.1 Å². The molecule has 0 N–H and O–H groups in total. The van der Waals surface area contributed by atoms with Crippen LogP contribution in [0.4, 0.5) is 0 Å². The van der Waals surface area contributed by atoms with Gasteiger partial charge in [0.25, 0.3) is 5.91 Å². The van der Waals surface area contributed by atoms with E-state index in [0.717, 1.165) is 5.56 Å². The predicted molar refractivity (Wildman–Crippen MR) is 113 cm³/mol. The van der Waals surface area contributed by atoms with Gasteiger partial charge in [-0.05, 0) is 49.7 Å². The minimum Gasteiger partial charge on any atom is -0.481 e. The van der Waals surface area contributed by atoms with Crippen molar-refractivity contribution in [1.82, 2.24) is 9.21 Å². The number of benzene rings is 2. The van der Waals surface area contributed by atoms with E-state index in [1.807, 2.05) is 25.1 Å². The lowest BCUT2D eigenvalue weighted by Crippen LogP contribution is -2.53. The Balaban J connectivity index is 1.63. The van der Waals surface area contributed by atoms with Gasteiger partial charge in [0, 0.05) is 31.2 Å². The summed E-state index contributed by atoms with van der Waals surface area (Å²) in [5, 5.41) is 0.414. The van der Waals surface area contributed by atoms with E-state index in [-0.39, 0.29) is 42.0 Å². The number of piperazine rings is 1. The molecule has 9 heteroatoms. The Morgan fingerprint density at radius 1 is 1.07 bits per heavy atom. The van der Waals surface area contributed by atoms with Crippen LogP contribution in [0, 0.1) is 6.92 Å². The highest BCUT2D eigenvalue weighted by atomic mass is 35.5. The van der Waals surface area contributed by atoms with E-state index in [0.29, 0.717) is 10.8 Å². The van der Waals surface area contributed by atoms with Crippen molar-refractivity contribution in [2.75, 3.05) is 26.2 Å². The lowest BCUT2D eigenvalue weighted by Gasteiger charge is -2.35. The van der Waals surface area contributed by atoms with Crippen LogP contribution in [0.25, 0.3) is 0 Å². The molecular weight excluding hydrogens is 435 g/mol. The van der Waals surface area contributed by atoms with Crippen molar-refractivity contribution < 1.29 is 17.9 Å². The summed E-state index contributed by atoms with van der Waals surface area (Å²) in [5.74, 6) is 0.451. The minimum atomic E-state index is -3.79. The molecule has 3 rings (SSSR count). The van der Waals surface area contributed by atoms with Crippen molar-refractivity contribution in [3.05, 3.63) is 58.1 Å². The SMILES string of the molecule is Cc1cccc(OC(C)C(=O)N2CCN(S(=O)(=O)c3cc(Cl)ccc3Cl)CC2)c1. The second-order valence-corrected chi connectivity index (χ2v) is 9.63. The number of amides is 1. The van der Waals surface area contributed by atoms with Crippen LogP contribution in [-0.2, 0) is 14.8 Å². The van der Waals surface area contributed by atoms with E-state index in [1.54, 1.807) is 17.9 Å². The second kappa shape index (κ2) is 8.92. The van der Waals surface area contributed by atoms with Gasteiger partial charge in [-0.1, -0.05) is 35.3 Å². The van der Waals surface area contributed by atoms with Gasteiger partial charge in [-0.15, -0.1) is 0 Å². The number of halogens is 2. The zero-order valence-electron chi connectivity index (χ0n) is 16.1. The third-order valence-electron chi connectivity index (χ3n) is 4.71. The summed E-state index contributed by atoms with van der Waals surface area (Å²) in [4.78, 5) is 14.3. The normalized spacial score (nSPS) is 16.5. The quantitative estimate of drug-likeness (QED) is 0.688. The molecule has 156 valence electrons. The van der Waals surface area contributed by atoms with E-state index in [1.165, 1.54) is 22.5 Å². The maximum atomic E-state index is 12.9. The zero-order chi connectivity index (χ0) is 21.2. The summed E-state index contributed by atoms with van der Waals surface area (Å²) in [7, 11) is -3.79. The first kappa shape index (κ1) is 21.9. The molecule has 2 aromatic carbocycles. The molecule has 29 heavy (non-hydrogen) atoms. The van der Waals surface area contributed by atoms with Gasteiger partial charge in [-0.25, -0.2) is 8.42 Å². The summed E-state index contributed by atoms with van der Waals surface area (Å²) in [5.41, 5.74) is 1.04. The minimum absolute atomic E-state index is 0.0254. The molecule has 1 unspecified atom stereocenters. The Morgan fingerprint density at radius 3 is 2.41 bits per heavy atom. The molecule has 1 amide bonds. The fourth-order valence-corrected chi connectivity index (χ4v) is 5.32. The third kappa shape index (κ3) is 5.04. The van der Waals surface area contributed by atoms with Crippen LogP contribution in [0.2, 0.25) is 10.0 Å². The molecule has 1 fully saturated rings. The van der Waals surface area contributed by atoms with Gasteiger partial charge in [-0.2, -0.15) is 4.31 Å². The molecule has 2 aromatic rings. The molecule has 1 atom stereocenters. The number of carbonyl (C=O) groups excluding carboxylic acids is 1. The Kier molecular flexibility index (Phi) is 6.73. The zero-order valence-corrected chi connectivity index (χ0v) is 18.5. The number of rotatable bonds is 5. The molecule has 6 nitrogen and oxygen atoms in total. The monoisotopic (exact) mass is 456 g/mol. The van der Waals surface area contributed by atoms with E-state index in [2.05, 4.69) is 0 Å². The van der Waals surface area contributed by atoms with Crippen LogP contribution < -0.4 is 4.74 Å². The number of nitrogens with zero attached hydrogens (tertiary/aromatic N) is 2. The number of ether oxygens (including phenoxy) is 1. The Morgan fingerprint density at radius 2 is 1.76 bits per heavy atom. The summed E-state index contributed by atoms with van der Waals surface area (Å²) < 4.78 is 32.9. The lowest BCUT2D eigenvalue weighted by atomic mass is 10.2. The smallest absolute Gasteiger partial charge is 0.263 e. The maximum absolute atomic E-state index is 12.9. The third-order valence-corrected chi connectivity index (χ3v) is 7.33. The molecule has 1 aliphatic rings. The van der Waals surface area contributed by atoms with Gasteiger partial charge in [0.15, 0.2) is 6.10 Å². The first-order chi connectivity index (χ1) is 13.7. The molecule has 0 aliphatic carbocycles. The Labute approximate surface area is 181 Å². The van der Waals surface area contributed by atoms with Gasteiger partial charge in [0.1, 0.15) is 10.6 Å².